The number of carbonyl (C=O) groups excluding carboxylic acids is 1. The zero-order chi connectivity index (χ0) is 13.4. The van der Waals surface area contributed by atoms with Gasteiger partial charge in [-0.05, 0) is 18.6 Å². The van der Waals surface area contributed by atoms with Crippen LogP contribution in [-0.2, 0) is 16.1 Å². The van der Waals surface area contributed by atoms with Crippen LogP contribution in [0.25, 0.3) is 0 Å². The molecule has 0 spiro atoms. The van der Waals surface area contributed by atoms with Crippen molar-refractivity contribution in [2.24, 2.45) is 0 Å². The minimum absolute atomic E-state index is 0.235. The Balaban J connectivity index is 2.59. The van der Waals surface area contributed by atoms with Gasteiger partial charge in [-0.2, -0.15) is 0 Å². The Morgan fingerprint density at radius 1 is 1.61 bits per heavy atom. The van der Waals surface area contributed by atoms with E-state index < -0.39 is 0 Å². The number of carbonyl (C=O) groups is 1. The molecule has 0 aliphatic heterocycles. The fourth-order valence-electron chi connectivity index (χ4n) is 1.51. The number of halogens is 1. The van der Waals surface area contributed by atoms with Gasteiger partial charge in [0.25, 0.3) is 0 Å². The lowest BCUT2D eigenvalue weighted by Crippen LogP contribution is -2.30. The van der Waals surface area contributed by atoms with Crippen molar-refractivity contribution in [3.05, 3.63) is 41.7 Å². The fraction of sp³-hybridized carbons (Fsp3) is 0.385. The van der Waals surface area contributed by atoms with Crippen LogP contribution in [0.1, 0.15) is 12.5 Å². The van der Waals surface area contributed by atoms with Crippen molar-refractivity contribution >= 4 is 17.6 Å². The highest BCUT2D eigenvalue weighted by Crippen LogP contribution is 2.08. The average Bonchev–Trinajstić information content (AvgIpc) is 2.32. The van der Waals surface area contributed by atoms with Gasteiger partial charge in [0.1, 0.15) is 5.15 Å². The Morgan fingerprint density at radius 3 is 2.94 bits per heavy atom. The van der Waals surface area contributed by atoms with E-state index in [4.69, 9.17) is 16.3 Å². The number of hydrogen-bond acceptors (Lipinski definition) is 4. The summed E-state index contributed by atoms with van der Waals surface area (Å²) >= 11 is 5.72. The lowest BCUT2D eigenvalue weighted by molar-refractivity contribution is -0.144. The van der Waals surface area contributed by atoms with E-state index in [0.717, 1.165) is 5.56 Å². The number of hydrogen-bond donors (Lipinski definition) is 0. The zero-order valence-corrected chi connectivity index (χ0v) is 11.2. The molecule has 0 N–H and O–H groups in total. The maximum atomic E-state index is 11.4. The first kappa shape index (κ1) is 14.7. The van der Waals surface area contributed by atoms with E-state index in [0.29, 0.717) is 24.8 Å². The summed E-state index contributed by atoms with van der Waals surface area (Å²) in [5.74, 6) is -0.235. The largest absolute Gasteiger partial charge is 0.465 e. The average molecular weight is 269 g/mol. The SMILES string of the molecule is C=CCN(CC(=O)OCC)Cc1ccc(Cl)nc1. The van der Waals surface area contributed by atoms with Gasteiger partial charge < -0.3 is 4.74 Å². The van der Waals surface area contributed by atoms with Gasteiger partial charge in [0.2, 0.25) is 0 Å². The summed E-state index contributed by atoms with van der Waals surface area (Å²) in [6.45, 7) is 7.32. The first-order chi connectivity index (χ1) is 8.65. The highest BCUT2D eigenvalue weighted by Gasteiger charge is 2.10. The molecule has 0 bridgehead atoms. The van der Waals surface area contributed by atoms with Gasteiger partial charge in [0.15, 0.2) is 0 Å². The van der Waals surface area contributed by atoms with Crippen LogP contribution in [0.15, 0.2) is 31.0 Å². The number of rotatable bonds is 7. The summed E-state index contributed by atoms with van der Waals surface area (Å²) < 4.78 is 4.92. The molecule has 1 heterocycles. The summed E-state index contributed by atoms with van der Waals surface area (Å²) in [4.78, 5) is 17.4. The Labute approximate surface area is 112 Å². The van der Waals surface area contributed by atoms with Crippen LogP contribution in [0.3, 0.4) is 0 Å². The second kappa shape index (κ2) is 7.84. The van der Waals surface area contributed by atoms with E-state index in [1.54, 1.807) is 25.3 Å². The Hall–Kier alpha value is -1.39. The minimum Gasteiger partial charge on any atom is -0.465 e. The standard InChI is InChI=1S/C13H17ClN2O2/c1-3-7-16(10-13(17)18-4-2)9-11-5-6-12(14)15-8-11/h3,5-6,8H,1,4,7,9-10H2,2H3. The molecule has 0 aliphatic rings. The molecule has 4 nitrogen and oxygen atoms in total. The monoisotopic (exact) mass is 268 g/mol. The lowest BCUT2D eigenvalue weighted by Gasteiger charge is -2.19. The summed E-state index contributed by atoms with van der Waals surface area (Å²) in [6.07, 6.45) is 3.45. The van der Waals surface area contributed by atoms with E-state index in [9.17, 15) is 4.79 Å². The van der Waals surface area contributed by atoms with Crippen LogP contribution in [-0.4, -0.2) is 35.5 Å². The van der Waals surface area contributed by atoms with Crippen molar-refractivity contribution < 1.29 is 9.53 Å². The lowest BCUT2D eigenvalue weighted by atomic mass is 10.2. The van der Waals surface area contributed by atoms with Crippen LogP contribution < -0.4 is 0 Å². The summed E-state index contributed by atoms with van der Waals surface area (Å²) in [7, 11) is 0. The van der Waals surface area contributed by atoms with Crippen molar-refractivity contribution in [2.45, 2.75) is 13.5 Å². The molecule has 0 saturated heterocycles. The molecule has 0 atom stereocenters. The maximum absolute atomic E-state index is 11.4. The molecule has 0 aromatic carbocycles. The summed E-state index contributed by atoms with van der Waals surface area (Å²) in [5.41, 5.74) is 0.991. The highest BCUT2D eigenvalue weighted by molar-refractivity contribution is 6.29. The molecule has 1 rings (SSSR count). The number of pyridine rings is 1. The van der Waals surface area contributed by atoms with Gasteiger partial charge in [-0.1, -0.05) is 23.7 Å². The molecule has 98 valence electrons. The second-order valence-electron chi connectivity index (χ2n) is 3.75. The maximum Gasteiger partial charge on any atom is 0.320 e. The van der Waals surface area contributed by atoms with Crippen LogP contribution in [0.2, 0.25) is 5.15 Å². The molecule has 0 aliphatic carbocycles. The predicted octanol–water partition coefficient (Wildman–Crippen LogP) is 2.29. The van der Waals surface area contributed by atoms with Crippen molar-refractivity contribution in [1.82, 2.24) is 9.88 Å². The van der Waals surface area contributed by atoms with Crippen molar-refractivity contribution in [2.75, 3.05) is 19.7 Å². The zero-order valence-electron chi connectivity index (χ0n) is 10.4. The molecule has 18 heavy (non-hydrogen) atoms. The molecular formula is C13H17ClN2O2. The van der Waals surface area contributed by atoms with Crippen LogP contribution in [0.4, 0.5) is 0 Å². The smallest absolute Gasteiger partial charge is 0.320 e. The number of ether oxygens (including phenoxy) is 1. The van der Waals surface area contributed by atoms with Crippen LogP contribution in [0, 0.1) is 0 Å². The Morgan fingerprint density at radius 2 is 2.39 bits per heavy atom. The van der Waals surface area contributed by atoms with Gasteiger partial charge in [0, 0.05) is 19.3 Å². The van der Waals surface area contributed by atoms with Gasteiger partial charge in [0.05, 0.1) is 13.2 Å². The quantitative estimate of drug-likeness (QED) is 0.432. The third kappa shape index (κ3) is 5.29. The molecule has 0 fully saturated rings. The highest BCUT2D eigenvalue weighted by atomic mass is 35.5. The molecule has 0 saturated carbocycles. The first-order valence-electron chi connectivity index (χ1n) is 5.75. The third-order valence-corrected chi connectivity index (χ3v) is 2.46. The van der Waals surface area contributed by atoms with E-state index in [1.807, 2.05) is 11.0 Å². The van der Waals surface area contributed by atoms with E-state index >= 15 is 0 Å². The van der Waals surface area contributed by atoms with Gasteiger partial charge in [-0.3, -0.25) is 9.69 Å². The molecule has 1 aromatic rings. The van der Waals surface area contributed by atoms with Gasteiger partial charge in [-0.15, -0.1) is 6.58 Å². The number of esters is 1. The van der Waals surface area contributed by atoms with E-state index in [-0.39, 0.29) is 12.5 Å². The molecule has 1 aromatic heterocycles. The summed E-state index contributed by atoms with van der Waals surface area (Å²) in [6, 6.07) is 3.61. The van der Waals surface area contributed by atoms with Crippen molar-refractivity contribution in [1.29, 1.82) is 0 Å². The second-order valence-corrected chi connectivity index (χ2v) is 4.14. The van der Waals surface area contributed by atoms with Gasteiger partial charge >= 0.3 is 5.97 Å². The predicted molar refractivity (Wildman–Crippen MR) is 71.4 cm³/mol. The van der Waals surface area contributed by atoms with Gasteiger partial charge in [-0.25, -0.2) is 4.98 Å². The first-order valence-corrected chi connectivity index (χ1v) is 6.12. The van der Waals surface area contributed by atoms with E-state index in [1.165, 1.54) is 0 Å². The molecular weight excluding hydrogens is 252 g/mol. The Kier molecular flexibility index (Phi) is 6.39. The van der Waals surface area contributed by atoms with Crippen LogP contribution >= 0.6 is 11.6 Å². The van der Waals surface area contributed by atoms with Crippen LogP contribution in [0.5, 0.6) is 0 Å². The molecule has 0 radical (unpaired) electrons. The topological polar surface area (TPSA) is 42.4 Å². The molecule has 5 heteroatoms. The minimum atomic E-state index is -0.235. The fourth-order valence-corrected chi connectivity index (χ4v) is 1.63. The van der Waals surface area contributed by atoms with Crippen molar-refractivity contribution in [3.8, 4) is 0 Å². The number of aromatic nitrogens is 1. The number of nitrogens with zero attached hydrogens (tertiary/aromatic N) is 2. The molecule has 0 amide bonds. The van der Waals surface area contributed by atoms with E-state index in [2.05, 4.69) is 11.6 Å². The normalized spacial score (nSPS) is 10.4. The molecule has 0 unspecified atom stereocenters. The summed E-state index contributed by atoms with van der Waals surface area (Å²) in [5, 5.41) is 0.458. The Bertz CT molecular complexity index is 392. The van der Waals surface area contributed by atoms with Crippen molar-refractivity contribution in [3.63, 3.8) is 0 Å². The third-order valence-electron chi connectivity index (χ3n) is 2.24.